The second-order valence-electron chi connectivity index (χ2n) is 41.2. The van der Waals surface area contributed by atoms with Crippen molar-refractivity contribution in [2.24, 2.45) is 0 Å². The number of H-pyrrole nitrogens is 4. The number of benzene rings is 6. The normalized spacial score (nSPS) is 13.4. The van der Waals surface area contributed by atoms with E-state index in [0.29, 0.717) is 22.5 Å². The molecule has 16 bridgehead atoms. The van der Waals surface area contributed by atoms with E-state index >= 15 is 0 Å². The summed E-state index contributed by atoms with van der Waals surface area (Å²) in [5, 5.41) is 0. The van der Waals surface area contributed by atoms with Crippen LogP contribution in [0.25, 0.3) is 160 Å². The first kappa shape index (κ1) is 79.9. The summed E-state index contributed by atoms with van der Waals surface area (Å²) in [5.74, 6) is 7.97. The van der Waals surface area contributed by atoms with Crippen LogP contribution >= 0.6 is 0 Å². The topological polar surface area (TPSA) is 115 Å². The molecular formula is C110H114N8. The summed E-state index contributed by atoms with van der Waals surface area (Å²) in [5.41, 5.74) is 35.9. The number of fused-ring (bicyclic) bond motifs is 16. The molecule has 0 atom stereocenters. The molecule has 4 aliphatic heterocycles. The standard InChI is InChI=1S/C110H114N8/c1-103(2,3)71-53-67(54-72(61-71)104(4,5)6)99-89-41-37-81(111-89)79(82-38-42-90(112-82)100(68-55-73(105(7,8)9)62-74(56-68)106(10,11)12)94-50-46-86(116-94)97(65-31-27-25-28-32-65)85-45-49-93(99)115-85)35-36-80-83-39-43-91(113-83)101(69-57-75(107(13,14)15)63-76(58-69)108(16,17)18)95-51-47-87(117-95)98(66-33-29-26-30-34-66)88-48-52-96(118-88)102(92-44-40-84(80)114-92)70-59-77(109(19,20)21)64-78(60-70)110(22,23)24/h25-34,37-64,111,113,116,118H,1-24H3. The molecule has 118 heavy (non-hydrogen) atoms. The summed E-state index contributed by atoms with van der Waals surface area (Å²) >= 11 is 0. The molecule has 8 heteroatoms. The molecule has 16 rings (SSSR count). The van der Waals surface area contributed by atoms with E-state index < -0.39 is 0 Å². The molecule has 0 unspecified atom stereocenters. The second kappa shape index (κ2) is 29.0. The van der Waals surface area contributed by atoms with E-state index in [1.165, 1.54) is 44.5 Å². The van der Waals surface area contributed by atoms with Gasteiger partial charge in [0.25, 0.3) is 0 Å². The van der Waals surface area contributed by atoms with Crippen LogP contribution in [0.15, 0.2) is 182 Å². The smallest absolute Gasteiger partial charge is 0.0815 e. The minimum absolute atomic E-state index is 0.171. The van der Waals surface area contributed by atoms with Gasteiger partial charge in [0, 0.05) is 66.5 Å². The Labute approximate surface area is 699 Å². The maximum atomic E-state index is 5.91. The summed E-state index contributed by atoms with van der Waals surface area (Å²) in [7, 11) is 0. The van der Waals surface area contributed by atoms with Crippen LogP contribution in [0.4, 0.5) is 0 Å². The van der Waals surface area contributed by atoms with Crippen molar-refractivity contribution in [3.63, 3.8) is 0 Å². The highest BCUT2D eigenvalue weighted by molar-refractivity contribution is 6.02. The van der Waals surface area contributed by atoms with Crippen LogP contribution in [-0.2, 0) is 43.3 Å². The molecule has 0 aliphatic carbocycles. The molecule has 0 radical (unpaired) electrons. The van der Waals surface area contributed by atoms with Gasteiger partial charge in [-0.3, -0.25) is 0 Å². The summed E-state index contributed by atoms with van der Waals surface area (Å²) in [6.07, 6.45) is 17.5. The lowest BCUT2D eigenvalue weighted by molar-refractivity contribution is 0.568. The van der Waals surface area contributed by atoms with E-state index in [9.17, 15) is 0 Å². The fraction of sp³-hybridized carbons (Fsp3) is 0.291. The molecule has 4 aliphatic rings. The summed E-state index contributed by atoms with van der Waals surface area (Å²) in [6.45, 7) is 55.4. The SMILES string of the molecule is CC(C)(C)c1cc(-c2c3nc(c(-c4ccccc4)c4ccc([nH]4)c(-c4cc(C(C)(C)C)cc(C(C)(C)C)c4)c4nc(c(C#Cc5c6nc(c(-c7cc(C(C)(C)C)cc(C(C)(C)C)c7)c7ccc([nH]7)c(-c7ccccc7)c7nc(c(-c8cc(C(C)(C)C)cc(C(C)(C)C)c8)c8ccc5[nH]8)C=C7)C=C6)c5ccc2[nH]5)C=C4)C=C3)cc(C(C)(C)C)c1. The van der Waals surface area contributed by atoms with Crippen molar-refractivity contribution in [3.8, 4) is 78.6 Å². The van der Waals surface area contributed by atoms with E-state index in [1.54, 1.807) is 0 Å². The first-order chi connectivity index (χ1) is 55.5. The highest BCUT2D eigenvalue weighted by Gasteiger charge is 2.31. The molecule has 8 nitrogen and oxygen atoms in total. The summed E-state index contributed by atoms with van der Waals surface area (Å²) < 4.78 is 0. The number of aromatic nitrogens is 8. The molecule has 6 aromatic carbocycles. The van der Waals surface area contributed by atoms with Crippen LogP contribution in [0.3, 0.4) is 0 Å². The zero-order valence-electron chi connectivity index (χ0n) is 73.7. The van der Waals surface area contributed by atoms with Crippen LogP contribution in [0.2, 0.25) is 0 Å². The van der Waals surface area contributed by atoms with Gasteiger partial charge in [0.15, 0.2) is 0 Å². The van der Waals surface area contributed by atoms with E-state index in [2.05, 4.69) is 429 Å². The number of hydrogen-bond acceptors (Lipinski definition) is 4. The maximum absolute atomic E-state index is 5.91. The van der Waals surface area contributed by atoms with Crippen molar-refractivity contribution in [3.05, 3.63) is 283 Å². The van der Waals surface area contributed by atoms with E-state index in [4.69, 9.17) is 19.9 Å². The molecule has 0 amide bonds. The predicted molar refractivity (Wildman–Crippen MR) is 506 cm³/mol. The minimum Gasteiger partial charge on any atom is -0.354 e. The third-order valence-corrected chi connectivity index (χ3v) is 23.8. The zero-order chi connectivity index (χ0) is 83.9. The van der Waals surface area contributed by atoms with Gasteiger partial charge in [0.1, 0.15) is 0 Å². The number of aromatic amines is 4. The Morgan fingerprint density at radius 3 is 0.559 bits per heavy atom. The Balaban J connectivity index is 1.08. The van der Waals surface area contributed by atoms with Crippen LogP contribution in [0.1, 0.15) is 267 Å². The van der Waals surface area contributed by atoms with Gasteiger partial charge in [0.2, 0.25) is 0 Å². The molecule has 6 aromatic heterocycles. The van der Waals surface area contributed by atoms with Gasteiger partial charge in [0.05, 0.1) is 67.7 Å². The van der Waals surface area contributed by atoms with Gasteiger partial charge in [-0.1, -0.05) is 311 Å². The molecule has 594 valence electrons. The van der Waals surface area contributed by atoms with Gasteiger partial charge in [-0.05, 0) is 218 Å². The largest absolute Gasteiger partial charge is 0.354 e. The Morgan fingerprint density at radius 2 is 0.356 bits per heavy atom. The minimum atomic E-state index is -0.171. The molecule has 12 aromatic rings. The molecule has 0 fully saturated rings. The number of hydrogen-bond donors (Lipinski definition) is 4. The van der Waals surface area contributed by atoms with Gasteiger partial charge in [-0.15, -0.1) is 0 Å². The Bertz CT molecular complexity index is 5970. The Hall–Kier alpha value is -11.9. The van der Waals surface area contributed by atoms with Crippen molar-refractivity contribution in [2.45, 2.75) is 209 Å². The van der Waals surface area contributed by atoms with E-state index in [1.807, 2.05) is 0 Å². The highest BCUT2D eigenvalue weighted by Crippen LogP contribution is 2.46. The first-order valence-electron chi connectivity index (χ1n) is 42.1. The highest BCUT2D eigenvalue weighted by atomic mass is 14.8. The molecule has 0 saturated carbocycles. The van der Waals surface area contributed by atoms with Crippen LogP contribution in [-0.4, -0.2) is 39.9 Å². The lowest BCUT2D eigenvalue weighted by atomic mass is 9.78. The van der Waals surface area contributed by atoms with Crippen molar-refractivity contribution in [1.82, 2.24) is 39.9 Å². The number of nitrogens with one attached hydrogen (secondary N) is 4. The van der Waals surface area contributed by atoms with Gasteiger partial charge >= 0.3 is 0 Å². The third kappa shape index (κ3) is 15.7. The summed E-state index contributed by atoms with van der Waals surface area (Å²) in [4.78, 5) is 39.8. The van der Waals surface area contributed by atoms with Gasteiger partial charge in [-0.2, -0.15) is 0 Å². The average Bonchev–Trinajstić information content (AvgIpc) is 1.71. The van der Waals surface area contributed by atoms with E-state index in [-0.39, 0.29) is 43.3 Å². The molecule has 0 spiro atoms. The maximum Gasteiger partial charge on any atom is 0.0815 e. The monoisotopic (exact) mass is 1550 g/mol. The number of rotatable bonds is 6. The molecule has 0 saturated heterocycles. The van der Waals surface area contributed by atoms with Crippen molar-refractivity contribution in [1.29, 1.82) is 0 Å². The van der Waals surface area contributed by atoms with Crippen molar-refractivity contribution in [2.75, 3.05) is 0 Å². The van der Waals surface area contributed by atoms with E-state index in [0.717, 1.165) is 145 Å². The first-order valence-corrected chi connectivity index (χ1v) is 42.1. The zero-order valence-corrected chi connectivity index (χ0v) is 73.7. The quantitative estimate of drug-likeness (QED) is 0.124. The predicted octanol–water partition coefficient (Wildman–Crippen LogP) is 29.4. The Morgan fingerprint density at radius 1 is 0.186 bits per heavy atom. The fourth-order valence-electron chi connectivity index (χ4n) is 16.4. The second-order valence-corrected chi connectivity index (χ2v) is 41.2. The molecular weight excluding hydrogens is 1430 g/mol. The van der Waals surface area contributed by atoms with Crippen molar-refractivity contribution < 1.29 is 0 Å². The third-order valence-electron chi connectivity index (χ3n) is 23.8. The van der Waals surface area contributed by atoms with Crippen LogP contribution < -0.4 is 0 Å². The lowest BCUT2D eigenvalue weighted by Crippen LogP contribution is -2.16. The molecule has 4 N–H and O–H groups in total. The average molecular weight is 1550 g/mol. The number of nitrogens with zero attached hydrogens (tertiary/aromatic N) is 4. The molecule has 10 heterocycles. The fourth-order valence-corrected chi connectivity index (χ4v) is 16.4. The Kier molecular flexibility index (Phi) is 19.6. The van der Waals surface area contributed by atoms with Gasteiger partial charge in [-0.25, -0.2) is 19.9 Å². The van der Waals surface area contributed by atoms with Crippen LogP contribution in [0, 0.1) is 11.8 Å². The van der Waals surface area contributed by atoms with Gasteiger partial charge < -0.3 is 19.9 Å². The van der Waals surface area contributed by atoms with Crippen molar-refractivity contribution >= 4 is 92.7 Å². The van der Waals surface area contributed by atoms with Crippen LogP contribution in [0.5, 0.6) is 0 Å². The lowest BCUT2D eigenvalue weighted by Gasteiger charge is -2.26. The summed E-state index contributed by atoms with van der Waals surface area (Å²) in [6, 6.07) is 67.8.